The minimum atomic E-state index is -0.417. The molecule has 2 aliphatic rings. The van der Waals surface area contributed by atoms with E-state index in [-0.39, 0.29) is 5.91 Å². The number of amides is 1. The molecule has 4 aromatic rings. The van der Waals surface area contributed by atoms with E-state index in [0.29, 0.717) is 17.1 Å². The number of aromatic amines is 1. The lowest BCUT2D eigenvalue weighted by Crippen LogP contribution is -2.29. The molecule has 8 heteroatoms. The predicted octanol–water partition coefficient (Wildman–Crippen LogP) is 5.91. The Morgan fingerprint density at radius 2 is 1.76 bits per heavy atom. The number of hydrogen-bond acceptors (Lipinski definition) is 5. The van der Waals surface area contributed by atoms with Crippen molar-refractivity contribution in [2.45, 2.75) is 45.6 Å². The highest BCUT2D eigenvalue weighted by Gasteiger charge is 2.21. The molecule has 2 saturated heterocycles. The van der Waals surface area contributed by atoms with Crippen LogP contribution in [0.4, 0.5) is 15.9 Å². The van der Waals surface area contributed by atoms with Crippen molar-refractivity contribution in [3.05, 3.63) is 71.6 Å². The van der Waals surface area contributed by atoms with Crippen LogP contribution in [0, 0.1) is 12.7 Å². The SMILES string of the molecule is Cc1[nH]c2ccc(-c3cncc(CN4CCCCC4)c3)cc2c1C(=O)Nc1cnc(N2CCCC2)c(F)c1. The van der Waals surface area contributed by atoms with Crippen LogP contribution in [0.1, 0.15) is 53.7 Å². The van der Waals surface area contributed by atoms with E-state index in [1.807, 2.05) is 36.4 Å². The van der Waals surface area contributed by atoms with Crippen LogP contribution in [-0.2, 0) is 6.54 Å². The summed E-state index contributed by atoms with van der Waals surface area (Å²) in [6.07, 6.45) is 11.3. The van der Waals surface area contributed by atoms with Crippen LogP contribution in [0.2, 0.25) is 0 Å². The standard InChI is InChI=1S/C30H33FN6O/c1-20-28(30(38)35-24-15-26(31)29(33-18-24)37-11-5-6-12-37)25-14-22(7-8-27(25)34-20)23-13-21(16-32-17-23)19-36-9-3-2-4-10-36/h7-8,13-18,34H,2-6,9-12,19H2,1H3,(H,35,38). The summed E-state index contributed by atoms with van der Waals surface area (Å²) in [6.45, 7) is 6.67. The number of fused-ring (bicyclic) bond motifs is 1. The molecule has 3 aromatic heterocycles. The van der Waals surface area contributed by atoms with Crippen molar-refractivity contribution >= 4 is 28.3 Å². The van der Waals surface area contributed by atoms with Gasteiger partial charge in [0.1, 0.15) is 0 Å². The lowest BCUT2D eigenvalue weighted by Gasteiger charge is -2.26. The fourth-order valence-electron chi connectivity index (χ4n) is 5.76. The third-order valence-corrected chi connectivity index (χ3v) is 7.68. The van der Waals surface area contributed by atoms with Gasteiger partial charge in [-0.3, -0.25) is 14.7 Å². The molecule has 1 amide bonds. The van der Waals surface area contributed by atoms with Crippen LogP contribution < -0.4 is 10.2 Å². The van der Waals surface area contributed by atoms with Gasteiger partial charge in [0, 0.05) is 60.3 Å². The second-order valence-corrected chi connectivity index (χ2v) is 10.5. The second kappa shape index (κ2) is 10.5. The number of piperidine rings is 1. The van der Waals surface area contributed by atoms with E-state index in [9.17, 15) is 9.18 Å². The van der Waals surface area contributed by atoms with E-state index < -0.39 is 5.82 Å². The summed E-state index contributed by atoms with van der Waals surface area (Å²) in [5.74, 6) is -0.359. The van der Waals surface area contributed by atoms with Crippen molar-refractivity contribution in [1.29, 1.82) is 0 Å². The highest BCUT2D eigenvalue weighted by Crippen LogP contribution is 2.30. The molecule has 0 radical (unpaired) electrons. The van der Waals surface area contributed by atoms with Crippen molar-refractivity contribution < 1.29 is 9.18 Å². The summed E-state index contributed by atoms with van der Waals surface area (Å²) >= 11 is 0. The van der Waals surface area contributed by atoms with Crippen molar-refractivity contribution in [2.75, 3.05) is 36.4 Å². The third-order valence-electron chi connectivity index (χ3n) is 7.68. The van der Waals surface area contributed by atoms with E-state index >= 15 is 0 Å². The molecule has 0 saturated carbocycles. The Kier molecular flexibility index (Phi) is 6.81. The second-order valence-electron chi connectivity index (χ2n) is 10.5. The molecule has 0 aliphatic carbocycles. The number of pyridine rings is 2. The molecule has 6 rings (SSSR count). The van der Waals surface area contributed by atoms with Gasteiger partial charge >= 0.3 is 0 Å². The first-order chi connectivity index (χ1) is 18.5. The number of aromatic nitrogens is 3. The molecule has 5 heterocycles. The Hall–Kier alpha value is -3.78. The Balaban J connectivity index is 1.25. The number of anilines is 2. The average molecular weight is 513 g/mol. The van der Waals surface area contributed by atoms with E-state index in [1.165, 1.54) is 37.1 Å². The molecule has 0 spiro atoms. The lowest BCUT2D eigenvalue weighted by molar-refractivity contribution is 0.102. The minimum absolute atomic E-state index is 0.294. The Morgan fingerprint density at radius 3 is 2.55 bits per heavy atom. The molecular formula is C30H33FN6O. The van der Waals surface area contributed by atoms with Gasteiger partial charge in [0.15, 0.2) is 11.6 Å². The molecule has 0 unspecified atom stereocenters. The number of H-pyrrole nitrogens is 1. The normalized spacial score (nSPS) is 16.3. The van der Waals surface area contributed by atoms with E-state index in [1.54, 1.807) is 0 Å². The molecule has 0 atom stereocenters. The van der Waals surface area contributed by atoms with Crippen LogP contribution in [0.15, 0.2) is 48.9 Å². The van der Waals surface area contributed by atoms with Gasteiger partial charge in [0.05, 0.1) is 17.4 Å². The summed E-state index contributed by atoms with van der Waals surface area (Å²) in [7, 11) is 0. The molecule has 2 N–H and O–H groups in total. The first-order valence-electron chi connectivity index (χ1n) is 13.6. The molecule has 196 valence electrons. The number of aryl methyl sites for hydroxylation is 1. The van der Waals surface area contributed by atoms with Crippen LogP contribution in [0.25, 0.3) is 22.0 Å². The number of benzene rings is 1. The summed E-state index contributed by atoms with van der Waals surface area (Å²) in [4.78, 5) is 29.9. The fraction of sp³-hybridized carbons (Fsp3) is 0.367. The molecule has 1 aromatic carbocycles. The number of hydrogen-bond donors (Lipinski definition) is 2. The van der Waals surface area contributed by atoms with Gasteiger partial charge < -0.3 is 15.2 Å². The smallest absolute Gasteiger partial charge is 0.258 e. The maximum atomic E-state index is 14.8. The summed E-state index contributed by atoms with van der Waals surface area (Å²) < 4.78 is 14.8. The van der Waals surface area contributed by atoms with Gasteiger partial charge in [0.2, 0.25) is 0 Å². The van der Waals surface area contributed by atoms with Crippen molar-refractivity contribution in [1.82, 2.24) is 19.9 Å². The van der Waals surface area contributed by atoms with Crippen molar-refractivity contribution in [2.24, 2.45) is 0 Å². The molecule has 38 heavy (non-hydrogen) atoms. The maximum absolute atomic E-state index is 14.8. The highest BCUT2D eigenvalue weighted by molar-refractivity contribution is 6.14. The molecule has 2 aliphatic heterocycles. The Morgan fingerprint density at radius 1 is 0.974 bits per heavy atom. The average Bonchev–Trinajstić information content (AvgIpc) is 3.56. The maximum Gasteiger partial charge on any atom is 0.258 e. The van der Waals surface area contributed by atoms with Gasteiger partial charge in [0.25, 0.3) is 5.91 Å². The fourth-order valence-corrected chi connectivity index (χ4v) is 5.76. The van der Waals surface area contributed by atoms with Gasteiger partial charge in [-0.25, -0.2) is 9.37 Å². The topological polar surface area (TPSA) is 77.1 Å². The first-order valence-corrected chi connectivity index (χ1v) is 13.6. The number of carbonyl (C=O) groups is 1. The quantitative estimate of drug-likeness (QED) is 0.336. The van der Waals surface area contributed by atoms with Gasteiger partial charge in [-0.05, 0) is 75.0 Å². The number of likely N-dealkylation sites (tertiary alicyclic amines) is 1. The Labute approximate surface area is 222 Å². The number of carbonyl (C=O) groups excluding carboxylic acids is 1. The zero-order chi connectivity index (χ0) is 26.1. The summed E-state index contributed by atoms with van der Waals surface area (Å²) in [6, 6.07) is 9.63. The monoisotopic (exact) mass is 512 g/mol. The molecule has 2 fully saturated rings. The van der Waals surface area contributed by atoms with E-state index in [0.717, 1.165) is 73.3 Å². The van der Waals surface area contributed by atoms with Gasteiger partial charge in [-0.2, -0.15) is 0 Å². The highest BCUT2D eigenvalue weighted by atomic mass is 19.1. The zero-order valence-electron chi connectivity index (χ0n) is 21.8. The number of rotatable bonds is 6. The molecule has 0 bridgehead atoms. The van der Waals surface area contributed by atoms with E-state index in [4.69, 9.17) is 0 Å². The first kappa shape index (κ1) is 24.6. The van der Waals surface area contributed by atoms with Crippen molar-refractivity contribution in [3.8, 4) is 11.1 Å². The summed E-state index contributed by atoms with van der Waals surface area (Å²) in [5, 5.41) is 3.67. The Bertz CT molecular complexity index is 1470. The molecule has 7 nitrogen and oxygen atoms in total. The third kappa shape index (κ3) is 5.00. The number of nitrogens with zero attached hydrogens (tertiary/aromatic N) is 4. The zero-order valence-corrected chi connectivity index (χ0v) is 21.8. The van der Waals surface area contributed by atoms with Gasteiger partial charge in [-0.1, -0.05) is 12.5 Å². The lowest BCUT2D eigenvalue weighted by atomic mass is 10.0. The van der Waals surface area contributed by atoms with Crippen molar-refractivity contribution in [3.63, 3.8) is 0 Å². The van der Waals surface area contributed by atoms with E-state index in [2.05, 4.69) is 37.3 Å². The van der Waals surface area contributed by atoms with Crippen LogP contribution in [0.5, 0.6) is 0 Å². The van der Waals surface area contributed by atoms with Crippen LogP contribution in [-0.4, -0.2) is 51.9 Å². The summed E-state index contributed by atoms with van der Waals surface area (Å²) in [5.41, 5.74) is 5.74. The predicted molar refractivity (Wildman–Crippen MR) is 149 cm³/mol. The molecular weight excluding hydrogens is 479 g/mol. The van der Waals surface area contributed by atoms with Gasteiger partial charge in [-0.15, -0.1) is 0 Å². The minimum Gasteiger partial charge on any atom is -0.358 e. The van der Waals surface area contributed by atoms with Crippen LogP contribution >= 0.6 is 0 Å². The largest absolute Gasteiger partial charge is 0.358 e. The number of halogens is 1. The number of nitrogens with one attached hydrogen (secondary N) is 2. The van der Waals surface area contributed by atoms with Crippen LogP contribution in [0.3, 0.4) is 0 Å².